The minimum atomic E-state index is -0.579. The lowest BCUT2D eigenvalue weighted by molar-refractivity contribution is -0.113. The summed E-state index contributed by atoms with van der Waals surface area (Å²) in [6, 6.07) is 9.79. The number of hydrogen-bond acceptors (Lipinski definition) is 3. The predicted molar refractivity (Wildman–Crippen MR) is 127 cm³/mol. The molecule has 3 N–H and O–H groups in total. The van der Waals surface area contributed by atoms with Crippen molar-refractivity contribution in [1.29, 1.82) is 0 Å². The molecule has 0 fully saturated rings. The maximum Gasteiger partial charge on any atom is 0.255 e. The second-order valence-corrected chi connectivity index (χ2v) is 8.05. The molecule has 0 aliphatic carbocycles. The first-order valence-corrected chi connectivity index (χ1v) is 10.4. The van der Waals surface area contributed by atoms with Gasteiger partial charge in [0.25, 0.3) is 5.91 Å². The molecule has 0 saturated carbocycles. The summed E-state index contributed by atoms with van der Waals surface area (Å²) in [5.41, 5.74) is 2.19. The lowest BCUT2D eigenvalue weighted by atomic mass is 9.94. The highest BCUT2D eigenvalue weighted by atomic mass is 35.5. The molecule has 0 aromatic heterocycles. The standard InChI is InChI=1S/C21H18Cl3N3O2S/c1-3-8-29-19-14(23)9-12(10-15(19)24)18-17(11(2)25-21(30)27-18)20(28)26-16-7-5-4-6-13(16)22/h3-7,9-10,18H,1,8H2,2H3,(H,26,28)(H2,25,27,30). The first-order chi connectivity index (χ1) is 14.3. The van der Waals surface area contributed by atoms with Gasteiger partial charge < -0.3 is 20.7 Å². The number of allylic oxidation sites excluding steroid dienone is 1. The topological polar surface area (TPSA) is 62.4 Å². The maximum absolute atomic E-state index is 13.1. The summed E-state index contributed by atoms with van der Waals surface area (Å²) >= 11 is 24.2. The number of thiocarbonyl (C=S) groups is 1. The molecule has 5 nitrogen and oxygen atoms in total. The van der Waals surface area contributed by atoms with Crippen LogP contribution in [0.5, 0.6) is 5.75 Å². The van der Waals surface area contributed by atoms with E-state index in [1.165, 1.54) is 0 Å². The van der Waals surface area contributed by atoms with Gasteiger partial charge in [-0.15, -0.1) is 0 Å². The van der Waals surface area contributed by atoms with Crippen LogP contribution in [0.1, 0.15) is 18.5 Å². The second kappa shape index (κ2) is 9.71. The SMILES string of the molecule is C=CCOc1c(Cl)cc(C2NC(=S)NC(C)=C2C(=O)Nc2ccccc2Cl)cc1Cl. The van der Waals surface area contributed by atoms with Gasteiger partial charge in [-0.2, -0.15) is 0 Å². The highest BCUT2D eigenvalue weighted by Crippen LogP contribution is 2.38. The fraction of sp³-hybridized carbons (Fsp3) is 0.143. The Morgan fingerprint density at radius 1 is 1.23 bits per heavy atom. The minimum absolute atomic E-state index is 0.263. The molecule has 9 heteroatoms. The fourth-order valence-corrected chi connectivity index (χ4v) is 4.09. The molecule has 1 aliphatic rings. The smallest absolute Gasteiger partial charge is 0.255 e. The molecule has 1 unspecified atom stereocenters. The molecule has 0 spiro atoms. The zero-order valence-electron chi connectivity index (χ0n) is 15.9. The fourth-order valence-electron chi connectivity index (χ4n) is 3.02. The number of rotatable bonds is 6. The number of nitrogens with one attached hydrogen (secondary N) is 3. The predicted octanol–water partition coefficient (Wildman–Crippen LogP) is 5.64. The van der Waals surface area contributed by atoms with Crippen molar-refractivity contribution in [3.63, 3.8) is 0 Å². The van der Waals surface area contributed by atoms with E-state index in [0.717, 1.165) is 0 Å². The zero-order valence-corrected chi connectivity index (χ0v) is 19.0. The normalized spacial score (nSPS) is 15.9. The Balaban J connectivity index is 1.99. The number of amides is 1. The van der Waals surface area contributed by atoms with Crippen LogP contribution in [-0.4, -0.2) is 17.6 Å². The van der Waals surface area contributed by atoms with E-state index in [0.29, 0.717) is 48.5 Å². The van der Waals surface area contributed by atoms with E-state index >= 15 is 0 Å². The molecule has 3 rings (SSSR count). The van der Waals surface area contributed by atoms with Gasteiger partial charge in [-0.25, -0.2) is 0 Å². The molecule has 2 aromatic carbocycles. The minimum Gasteiger partial charge on any atom is -0.486 e. The first-order valence-electron chi connectivity index (χ1n) is 8.88. The van der Waals surface area contributed by atoms with E-state index in [1.54, 1.807) is 49.4 Å². The number of carbonyl (C=O) groups is 1. The van der Waals surface area contributed by atoms with Gasteiger partial charge in [0.1, 0.15) is 6.61 Å². The van der Waals surface area contributed by atoms with Crippen LogP contribution in [0.4, 0.5) is 5.69 Å². The first kappa shape index (κ1) is 22.4. The van der Waals surface area contributed by atoms with Gasteiger partial charge in [-0.3, -0.25) is 4.79 Å². The number of para-hydroxylation sites is 1. The Kier molecular flexibility index (Phi) is 7.26. The molecular weight excluding hydrogens is 465 g/mol. The van der Waals surface area contributed by atoms with Gasteiger partial charge in [-0.1, -0.05) is 59.6 Å². The van der Waals surface area contributed by atoms with Crippen LogP contribution in [0.15, 0.2) is 60.3 Å². The third-order valence-corrected chi connectivity index (χ3v) is 5.45. The summed E-state index contributed by atoms with van der Waals surface area (Å²) in [6.07, 6.45) is 1.59. The Morgan fingerprint density at radius 2 is 1.90 bits per heavy atom. The Labute approximate surface area is 195 Å². The van der Waals surface area contributed by atoms with Crippen LogP contribution in [0.25, 0.3) is 0 Å². The van der Waals surface area contributed by atoms with Crippen molar-refractivity contribution in [1.82, 2.24) is 10.6 Å². The summed E-state index contributed by atoms with van der Waals surface area (Å²) < 4.78 is 5.52. The van der Waals surface area contributed by atoms with Crippen LogP contribution in [0.3, 0.4) is 0 Å². The van der Waals surface area contributed by atoms with E-state index in [2.05, 4.69) is 22.5 Å². The molecule has 1 atom stereocenters. The lowest BCUT2D eigenvalue weighted by Gasteiger charge is -2.31. The number of carbonyl (C=O) groups excluding carboxylic acids is 1. The largest absolute Gasteiger partial charge is 0.486 e. The summed E-state index contributed by atoms with van der Waals surface area (Å²) in [6.45, 7) is 5.64. The maximum atomic E-state index is 13.1. The van der Waals surface area contributed by atoms with Crippen molar-refractivity contribution in [2.75, 3.05) is 11.9 Å². The van der Waals surface area contributed by atoms with Gasteiger partial charge in [0.15, 0.2) is 10.9 Å². The summed E-state index contributed by atoms with van der Waals surface area (Å²) in [4.78, 5) is 13.1. The molecule has 1 amide bonds. The molecule has 156 valence electrons. The van der Waals surface area contributed by atoms with E-state index in [9.17, 15) is 4.79 Å². The van der Waals surface area contributed by atoms with Gasteiger partial charge in [-0.05, 0) is 49.0 Å². The van der Waals surface area contributed by atoms with Crippen LogP contribution in [-0.2, 0) is 4.79 Å². The van der Waals surface area contributed by atoms with Crippen LogP contribution in [0, 0.1) is 0 Å². The molecule has 0 saturated heterocycles. The van der Waals surface area contributed by atoms with E-state index < -0.39 is 6.04 Å². The third-order valence-electron chi connectivity index (χ3n) is 4.34. The second-order valence-electron chi connectivity index (χ2n) is 6.42. The van der Waals surface area contributed by atoms with Gasteiger partial charge in [0, 0.05) is 5.70 Å². The van der Waals surface area contributed by atoms with Crippen LogP contribution in [0.2, 0.25) is 15.1 Å². The molecular formula is C21H18Cl3N3O2S. The highest BCUT2D eigenvalue weighted by molar-refractivity contribution is 7.80. The zero-order chi connectivity index (χ0) is 21.8. The molecule has 2 aromatic rings. The average molecular weight is 483 g/mol. The molecule has 0 bridgehead atoms. The highest BCUT2D eigenvalue weighted by Gasteiger charge is 2.31. The monoisotopic (exact) mass is 481 g/mol. The molecule has 30 heavy (non-hydrogen) atoms. The van der Waals surface area contributed by atoms with Crippen molar-refractivity contribution >= 4 is 63.7 Å². The van der Waals surface area contributed by atoms with Gasteiger partial charge >= 0.3 is 0 Å². The Hall–Kier alpha value is -2.25. The molecule has 1 aliphatic heterocycles. The lowest BCUT2D eigenvalue weighted by Crippen LogP contribution is -2.45. The Bertz CT molecular complexity index is 1030. The molecule has 1 heterocycles. The van der Waals surface area contributed by atoms with Crippen molar-refractivity contribution in [3.05, 3.63) is 81.0 Å². The number of anilines is 1. The summed E-state index contributed by atoms with van der Waals surface area (Å²) in [5.74, 6) is 0.00796. The number of ether oxygens (including phenoxy) is 1. The van der Waals surface area contributed by atoms with E-state index in [4.69, 9.17) is 51.8 Å². The van der Waals surface area contributed by atoms with E-state index in [1.807, 2.05) is 0 Å². The number of halogens is 3. The number of hydrogen-bond donors (Lipinski definition) is 3. The van der Waals surface area contributed by atoms with Crippen molar-refractivity contribution in [2.24, 2.45) is 0 Å². The van der Waals surface area contributed by atoms with Crippen molar-refractivity contribution < 1.29 is 9.53 Å². The van der Waals surface area contributed by atoms with Crippen molar-refractivity contribution in [3.8, 4) is 5.75 Å². The number of benzene rings is 2. The Morgan fingerprint density at radius 3 is 2.53 bits per heavy atom. The summed E-state index contributed by atoms with van der Waals surface area (Å²) in [5, 5.41) is 10.4. The van der Waals surface area contributed by atoms with E-state index in [-0.39, 0.29) is 12.5 Å². The van der Waals surface area contributed by atoms with Crippen LogP contribution >= 0.6 is 47.0 Å². The quantitative estimate of drug-likeness (QED) is 0.367. The molecule has 0 radical (unpaired) electrons. The summed E-state index contributed by atoms with van der Waals surface area (Å²) in [7, 11) is 0. The van der Waals surface area contributed by atoms with Crippen LogP contribution < -0.4 is 20.7 Å². The average Bonchev–Trinajstić information content (AvgIpc) is 2.68. The van der Waals surface area contributed by atoms with Gasteiger partial charge in [0.05, 0.1) is 32.4 Å². The van der Waals surface area contributed by atoms with Gasteiger partial charge in [0.2, 0.25) is 0 Å². The third kappa shape index (κ3) is 4.90. The van der Waals surface area contributed by atoms with Crippen molar-refractivity contribution in [2.45, 2.75) is 13.0 Å².